The van der Waals surface area contributed by atoms with Crippen molar-refractivity contribution in [3.05, 3.63) is 0 Å². The first kappa shape index (κ1) is 13.8. The molecule has 1 fully saturated rings. The van der Waals surface area contributed by atoms with Crippen LogP contribution in [0.5, 0.6) is 0 Å². The summed E-state index contributed by atoms with van der Waals surface area (Å²) >= 11 is 0. The van der Waals surface area contributed by atoms with E-state index in [1.165, 1.54) is 10.0 Å². The highest BCUT2D eigenvalue weighted by Gasteiger charge is 2.31. The highest BCUT2D eigenvalue weighted by Crippen LogP contribution is 2.17. The van der Waals surface area contributed by atoms with Crippen molar-refractivity contribution in [3.63, 3.8) is 0 Å². The minimum absolute atomic E-state index is 0.0319. The van der Waals surface area contributed by atoms with Crippen LogP contribution < -0.4 is 0 Å². The number of carbonyl (C=O) groups excluding carboxylic acids is 2. The molecular formula is C12H22N2O3. The quantitative estimate of drug-likeness (QED) is 0.708. The Bertz CT molecular complexity index is 297. The number of amides is 2. The van der Waals surface area contributed by atoms with E-state index in [1.54, 1.807) is 6.92 Å². The van der Waals surface area contributed by atoms with Gasteiger partial charge < -0.3 is 4.74 Å². The van der Waals surface area contributed by atoms with E-state index in [2.05, 4.69) is 0 Å². The van der Waals surface area contributed by atoms with E-state index in [0.717, 1.165) is 12.8 Å². The van der Waals surface area contributed by atoms with Gasteiger partial charge in [-0.1, -0.05) is 6.92 Å². The molecule has 0 radical (unpaired) electrons. The zero-order valence-corrected chi connectivity index (χ0v) is 11.2. The Balaban J connectivity index is 2.71. The molecule has 5 heteroatoms. The number of hydrogen-bond acceptors (Lipinski definition) is 3. The average Bonchev–Trinajstić information content (AvgIpc) is 2.25. The van der Waals surface area contributed by atoms with Gasteiger partial charge in [-0.15, -0.1) is 0 Å². The van der Waals surface area contributed by atoms with Crippen molar-refractivity contribution in [2.45, 2.75) is 52.6 Å². The van der Waals surface area contributed by atoms with Crippen LogP contribution in [0.1, 0.15) is 47.0 Å². The molecule has 0 atom stereocenters. The zero-order chi connectivity index (χ0) is 13.1. The minimum Gasteiger partial charge on any atom is -0.442 e. The molecule has 0 aromatic carbocycles. The van der Waals surface area contributed by atoms with Gasteiger partial charge in [-0.05, 0) is 33.6 Å². The normalized spacial score (nSPS) is 16.9. The van der Waals surface area contributed by atoms with Crippen LogP contribution in [0, 0.1) is 0 Å². The molecule has 5 nitrogen and oxygen atoms in total. The van der Waals surface area contributed by atoms with Gasteiger partial charge in [0, 0.05) is 19.5 Å². The maximum atomic E-state index is 12.0. The fourth-order valence-electron chi connectivity index (χ4n) is 1.71. The molecule has 0 aromatic rings. The lowest BCUT2D eigenvalue weighted by atomic mass is 10.2. The summed E-state index contributed by atoms with van der Waals surface area (Å²) in [6.07, 6.45) is 1.82. The molecule has 2 amide bonds. The lowest BCUT2D eigenvalue weighted by molar-refractivity contribution is -0.151. The summed E-state index contributed by atoms with van der Waals surface area (Å²) in [5, 5.41) is 2.94. The Morgan fingerprint density at radius 3 is 2.12 bits per heavy atom. The summed E-state index contributed by atoms with van der Waals surface area (Å²) in [5.41, 5.74) is -0.532. The first-order chi connectivity index (χ1) is 7.85. The maximum Gasteiger partial charge on any atom is 0.429 e. The van der Waals surface area contributed by atoms with Gasteiger partial charge in [0.15, 0.2) is 0 Å². The smallest absolute Gasteiger partial charge is 0.429 e. The van der Waals surface area contributed by atoms with Gasteiger partial charge in [0.1, 0.15) is 5.60 Å². The summed E-state index contributed by atoms with van der Waals surface area (Å²) in [6.45, 7) is 8.42. The Morgan fingerprint density at radius 1 is 1.12 bits per heavy atom. The highest BCUT2D eigenvalue weighted by molar-refractivity contribution is 5.79. The fraction of sp³-hybridized carbons (Fsp3) is 0.833. The van der Waals surface area contributed by atoms with Crippen LogP contribution in [0.25, 0.3) is 0 Å². The topological polar surface area (TPSA) is 49.9 Å². The number of hydrazine groups is 1. The van der Waals surface area contributed by atoms with Crippen molar-refractivity contribution in [1.82, 2.24) is 10.0 Å². The highest BCUT2D eigenvalue weighted by atomic mass is 16.6. The third kappa shape index (κ3) is 3.91. The summed E-state index contributed by atoms with van der Waals surface area (Å²) < 4.78 is 5.30. The summed E-state index contributed by atoms with van der Waals surface area (Å²) in [7, 11) is 0. The number of ether oxygens (including phenoxy) is 1. The van der Waals surface area contributed by atoms with E-state index in [4.69, 9.17) is 4.74 Å². The molecule has 17 heavy (non-hydrogen) atoms. The number of nitrogens with zero attached hydrogens (tertiary/aromatic N) is 2. The predicted octanol–water partition coefficient (Wildman–Crippen LogP) is 2.17. The first-order valence-electron chi connectivity index (χ1n) is 6.16. The molecule has 0 bridgehead atoms. The molecule has 1 saturated heterocycles. The second-order valence-electron chi connectivity index (χ2n) is 5.18. The molecule has 0 aliphatic carbocycles. The van der Waals surface area contributed by atoms with Gasteiger partial charge in [0.2, 0.25) is 5.91 Å². The van der Waals surface area contributed by atoms with Crippen LogP contribution >= 0.6 is 0 Å². The molecule has 1 aliphatic rings. The second kappa shape index (κ2) is 5.38. The van der Waals surface area contributed by atoms with Crippen LogP contribution in [0.4, 0.5) is 4.79 Å². The molecule has 0 unspecified atom stereocenters. The molecule has 1 heterocycles. The fourth-order valence-corrected chi connectivity index (χ4v) is 1.71. The molecule has 1 aliphatic heterocycles. The van der Waals surface area contributed by atoms with Crippen molar-refractivity contribution >= 4 is 12.0 Å². The van der Waals surface area contributed by atoms with Crippen LogP contribution in [0.3, 0.4) is 0 Å². The van der Waals surface area contributed by atoms with Crippen molar-refractivity contribution < 1.29 is 14.3 Å². The van der Waals surface area contributed by atoms with Gasteiger partial charge >= 0.3 is 6.09 Å². The van der Waals surface area contributed by atoms with E-state index in [0.29, 0.717) is 19.5 Å². The largest absolute Gasteiger partial charge is 0.442 e. The standard InChI is InChI=1S/C12H22N2O3/c1-5-10(15)13-8-6-7-9-14(13)11(16)17-12(2,3)4/h5-9H2,1-4H3. The Hall–Kier alpha value is -1.26. The Morgan fingerprint density at radius 2 is 1.65 bits per heavy atom. The molecule has 0 spiro atoms. The minimum atomic E-state index is -0.532. The number of rotatable bonds is 1. The zero-order valence-electron chi connectivity index (χ0n) is 11.2. The summed E-state index contributed by atoms with van der Waals surface area (Å²) in [5.74, 6) is -0.0319. The molecule has 0 N–H and O–H groups in total. The second-order valence-corrected chi connectivity index (χ2v) is 5.18. The molecule has 0 aromatic heterocycles. The number of carbonyl (C=O) groups is 2. The van der Waals surface area contributed by atoms with E-state index >= 15 is 0 Å². The van der Waals surface area contributed by atoms with Crippen molar-refractivity contribution in [2.75, 3.05) is 13.1 Å². The lowest BCUT2D eigenvalue weighted by Gasteiger charge is -2.38. The summed E-state index contributed by atoms with van der Waals surface area (Å²) in [6, 6.07) is 0. The van der Waals surface area contributed by atoms with Crippen LogP contribution in [0.15, 0.2) is 0 Å². The van der Waals surface area contributed by atoms with E-state index in [9.17, 15) is 9.59 Å². The van der Waals surface area contributed by atoms with E-state index < -0.39 is 11.7 Å². The van der Waals surface area contributed by atoms with Gasteiger partial charge in [0.25, 0.3) is 0 Å². The van der Waals surface area contributed by atoms with Crippen LogP contribution in [0.2, 0.25) is 0 Å². The molecule has 1 rings (SSSR count). The third-order valence-corrected chi connectivity index (χ3v) is 2.48. The van der Waals surface area contributed by atoms with Crippen LogP contribution in [-0.4, -0.2) is 40.7 Å². The number of hydrogen-bond donors (Lipinski definition) is 0. The SMILES string of the molecule is CCC(=O)N1CCCCN1C(=O)OC(C)(C)C. The van der Waals surface area contributed by atoms with Crippen molar-refractivity contribution in [1.29, 1.82) is 0 Å². The van der Waals surface area contributed by atoms with E-state index in [1.807, 2.05) is 20.8 Å². The first-order valence-corrected chi connectivity index (χ1v) is 6.16. The van der Waals surface area contributed by atoms with Crippen LogP contribution in [-0.2, 0) is 9.53 Å². The molecular weight excluding hydrogens is 220 g/mol. The Labute approximate surface area is 103 Å². The monoisotopic (exact) mass is 242 g/mol. The third-order valence-electron chi connectivity index (χ3n) is 2.48. The van der Waals surface area contributed by atoms with Gasteiger partial charge in [-0.3, -0.25) is 4.79 Å². The van der Waals surface area contributed by atoms with Gasteiger partial charge in [0.05, 0.1) is 0 Å². The predicted molar refractivity (Wildman–Crippen MR) is 64.2 cm³/mol. The van der Waals surface area contributed by atoms with Crippen molar-refractivity contribution in [3.8, 4) is 0 Å². The Kier molecular flexibility index (Phi) is 4.37. The molecule has 98 valence electrons. The summed E-state index contributed by atoms with van der Waals surface area (Å²) in [4.78, 5) is 23.7. The molecule has 0 saturated carbocycles. The van der Waals surface area contributed by atoms with E-state index in [-0.39, 0.29) is 5.91 Å². The lowest BCUT2D eigenvalue weighted by Crippen LogP contribution is -2.54. The van der Waals surface area contributed by atoms with Gasteiger partial charge in [-0.2, -0.15) is 0 Å². The average molecular weight is 242 g/mol. The van der Waals surface area contributed by atoms with Crippen molar-refractivity contribution in [2.24, 2.45) is 0 Å². The van der Waals surface area contributed by atoms with Gasteiger partial charge in [-0.25, -0.2) is 14.8 Å². The maximum absolute atomic E-state index is 12.0.